The fraction of sp³-hybridized carbons (Fsp3) is 0.409. The van der Waals surface area contributed by atoms with Crippen molar-refractivity contribution in [2.75, 3.05) is 13.1 Å². The van der Waals surface area contributed by atoms with Gasteiger partial charge in [-0.3, -0.25) is 4.90 Å². The van der Waals surface area contributed by atoms with Crippen LogP contribution in [-0.4, -0.2) is 40.3 Å². The third-order valence-electron chi connectivity index (χ3n) is 6.08. The summed E-state index contributed by atoms with van der Waals surface area (Å²) >= 11 is 7.78. The van der Waals surface area contributed by atoms with Gasteiger partial charge in [-0.2, -0.15) is 0 Å². The lowest BCUT2D eigenvalue weighted by atomic mass is 9.78. The molecular weight excluding hydrogens is 392 g/mol. The summed E-state index contributed by atoms with van der Waals surface area (Å²) in [5, 5.41) is 11.3. The van der Waals surface area contributed by atoms with Crippen LogP contribution in [0.1, 0.15) is 18.4 Å². The highest BCUT2D eigenvalue weighted by molar-refractivity contribution is 7.16. The molecule has 2 heterocycles. The van der Waals surface area contributed by atoms with E-state index in [1.165, 1.54) is 10.3 Å². The zero-order chi connectivity index (χ0) is 19.1. The summed E-state index contributed by atoms with van der Waals surface area (Å²) in [7, 11) is 0. The zero-order valence-electron chi connectivity index (χ0n) is 15.5. The second-order valence-corrected chi connectivity index (χ2v) is 9.28. The molecule has 5 rings (SSSR count). The molecule has 28 heavy (non-hydrogen) atoms. The van der Waals surface area contributed by atoms with Crippen molar-refractivity contribution in [2.24, 2.45) is 11.8 Å². The molecule has 1 aliphatic heterocycles. The monoisotopic (exact) mass is 414 g/mol. The van der Waals surface area contributed by atoms with E-state index in [1.54, 1.807) is 11.3 Å². The Balaban J connectivity index is 1.26. The van der Waals surface area contributed by atoms with E-state index in [2.05, 4.69) is 28.1 Å². The van der Waals surface area contributed by atoms with E-state index in [0.29, 0.717) is 16.9 Å². The first kappa shape index (κ1) is 18.4. The van der Waals surface area contributed by atoms with Gasteiger partial charge in [0.2, 0.25) is 0 Å². The SMILES string of the molecule is O[C@@H]1C[C@H]2CN(Cc3cccc4ncsc34)C[C@H]2C[C@H]1Oc1cccc(Cl)c1. The summed E-state index contributed by atoms with van der Waals surface area (Å²) < 4.78 is 7.39. The van der Waals surface area contributed by atoms with Crippen LogP contribution in [0.2, 0.25) is 5.02 Å². The number of benzene rings is 2. The molecule has 1 N–H and O–H groups in total. The Morgan fingerprint density at radius 1 is 1.14 bits per heavy atom. The van der Waals surface area contributed by atoms with Gasteiger partial charge in [0.15, 0.2) is 0 Å². The predicted octanol–water partition coefficient (Wildman–Crippen LogP) is 4.60. The summed E-state index contributed by atoms with van der Waals surface area (Å²) in [6, 6.07) is 13.8. The number of halogens is 1. The van der Waals surface area contributed by atoms with Crippen molar-refractivity contribution in [3.8, 4) is 5.75 Å². The number of fused-ring (bicyclic) bond motifs is 2. The van der Waals surface area contributed by atoms with E-state index in [-0.39, 0.29) is 6.10 Å². The minimum Gasteiger partial charge on any atom is -0.488 e. The Hall–Kier alpha value is -1.66. The number of rotatable bonds is 4. The van der Waals surface area contributed by atoms with Crippen molar-refractivity contribution in [2.45, 2.75) is 31.6 Å². The maximum Gasteiger partial charge on any atom is 0.125 e. The summed E-state index contributed by atoms with van der Waals surface area (Å²) in [5.41, 5.74) is 4.36. The lowest BCUT2D eigenvalue weighted by Crippen LogP contribution is -2.42. The Morgan fingerprint density at radius 2 is 1.96 bits per heavy atom. The lowest BCUT2D eigenvalue weighted by Gasteiger charge is -2.35. The summed E-state index contributed by atoms with van der Waals surface area (Å²) in [4.78, 5) is 6.96. The molecule has 0 spiro atoms. The fourth-order valence-electron chi connectivity index (χ4n) is 4.77. The van der Waals surface area contributed by atoms with E-state index in [9.17, 15) is 5.11 Å². The van der Waals surface area contributed by atoms with E-state index in [4.69, 9.17) is 16.3 Å². The molecule has 1 saturated carbocycles. The van der Waals surface area contributed by atoms with Gasteiger partial charge in [0.05, 0.1) is 21.8 Å². The first-order valence-electron chi connectivity index (χ1n) is 9.79. The van der Waals surface area contributed by atoms with Crippen molar-refractivity contribution in [3.63, 3.8) is 0 Å². The molecule has 1 saturated heterocycles. The van der Waals surface area contributed by atoms with Crippen LogP contribution < -0.4 is 4.74 Å². The highest BCUT2D eigenvalue weighted by Gasteiger charge is 2.42. The van der Waals surface area contributed by atoms with Crippen LogP contribution in [-0.2, 0) is 6.54 Å². The average molecular weight is 415 g/mol. The number of likely N-dealkylation sites (tertiary alicyclic amines) is 1. The molecular formula is C22H23ClN2O2S. The molecule has 3 aromatic rings. The van der Waals surface area contributed by atoms with Gasteiger partial charge in [-0.15, -0.1) is 11.3 Å². The molecule has 2 aliphatic rings. The van der Waals surface area contributed by atoms with Gasteiger partial charge in [-0.25, -0.2) is 4.98 Å². The molecule has 4 nitrogen and oxygen atoms in total. The third-order valence-corrected chi connectivity index (χ3v) is 7.23. The predicted molar refractivity (Wildman–Crippen MR) is 113 cm³/mol. The number of hydrogen-bond donors (Lipinski definition) is 1. The number of aliphatic hydroxyl groups is 1. The molecule has 1 aromatic heterocycles. The fourth-order valence-corrected chi connectivity index (χ4v) is 5.75. The smallest absolute Gasteiger partial charge is 0.125 e. The largest absolute Gasteiger partial charge is 0.488 e. The molecule has 4 atom stereocenters. The second kappa shape index (κ2) is 7.64. The van der Waals surface area contributed by atoms with Gasteiger partial charge in [0.25, 0.3) is 0 Å². The van der Waals surface area contributed by atoms with Crippen LogP contribution in [0.4, 0.5) is 0 Å². The first-order chi connectivity index (χ1) is 13.7. The molecule has 146 valence electrons. The minimum atomic E-state index is -0.426. The van der Waals surface area contributed by atoms with Gasteiger partial charge < -0.3 is 9.84 Å². The summed E-state index contributed by atoms with van der Waals surface area (Å²) in [5.74, 6) is 1.84. The van der Waals surface area contributed by atoms with Crippen LogP contribution in [0.25, 0.3) is 10.2 Å². The maximum absolute atomic E-state index is 10.7. The van der Waals surface area contributed by atoms with Crippen LogP contribution in [0, 0.1) is 11.8 Å². The van der Waals surface area contributed by atoms with Crippen molar-refractivity contribution in [1.82, 2.24) is 9.88 Å². The molecule has 1 aliphatic carbocycles. The number of aromatic nitrogens is 1. The van der Waals surface area contributed by atoms with Gasteiger partial charge in [-0.05, 0) is 54.5 Å². The average Bonchev–Trinajstić information content (AvgIpc) is 3.29. The van der Waals surface area contributed by atoms with Crippen LogP contribution >= 0.6 is 22.9 Å². The highest BCUT2D eigenvalue weighted by atomic mass is 35.5. The minimum absolute atomic E-state index is 0.162. The number of thiazole rings is 1. The quantitative estimate of drug-likeness (QED) is 0.677. The Bertz CT molecular complexity index is 978. The molecule has 2 aromatic carbocycles. The summed E-state index contributed by atoms with van der Waals surface area (Å²) in [6.07, 6.45) is 1.10. The van der Waals surface area contributed by atoms with Gasteiger partial charge in [0, 0.05) is 24.7 Å². The molecule has 0 unspecified atom stereocenters. The van der Waals surface area contributed by atoms with Gasteiger partial charge in [0.1, 0.15) is 11.9 Å². The van der Waals surface area contributed by atoms with E-state index in [1.807, 2.05) is 29.8 Å². The zero-order valence-corrected chi connectivity index (χ0v) is 17.1. The van der Waals surface area contributed by atoms with Crippen LogP contribution in [0.5, 0.6) is 5.75 Å². The van der Waals surface area contributed by atoms with Crippen LogP contribution in [0.3, 0.4) is 0 Å². The standard InChI is InChI=1S/C22H23ClN2O2S/c23-17-4-2-5-18(9-17)27-21-8-16-12-25(11-15(16)7-20(21)26)10-14-3-1-6-19-22(14)28-13-24-19/h1-6,9,13,15-16,20-21,26H,7-8,10-12H2/t15-,16+,20+,21+/m0/s1. The second-order valence-electron chi connectivity index (χ2n) is 7.98. The first-order valence-corrected chi connectivity index (χ1v) is 11.1. The maximum atomic E-state index is 10.7. The lowest BCUT2D eigenvalue weighted by molar-refractivity contribution is -0.0231. The number of nitrogens with zero attached hydrogens (tertiary/aromatic N) is 2. The van der Waals surface area contributed by atoms with Crippen molar-refractivity contribution < 1.29 is 9.84 Å². The van der Waals surface area contributed by atoms with Gasteiger partial charge >= 0.3 is 0 Å². The van der Waals surface area contributed by atoms with E-state index >= 15 is 0 Å². The van der Waals surface area contributed by atoms with E-state index in [0.717, 1.165) is 43.7 Å². The Kier molecular flexibility index (Phi) is 5.01. The molecule has 2 fully saturated rings. The Labute approximate surface area is 173 Å². The van der Waals surface area contributed by atoms with E-state index < -0.39 is 6.10 Å². The molecule has 6 heteroatoms. The molecule has 0 radical (unpaired) electrons. The normalized spacial score (nSPS) is 27.8. The third kappa shape index (κ3) is 3.64. The number of ether oxygens (including phenoxy) is 1. The highest BCUT2D eigenvalue weighted by Crippen LogP contribution is 2.39. The van der Waals surface area contributed by atoms with Crippen molar-refractivity contribution in [3.05, 3.63) is 58.6 Å². The topological polar surface area (TPSA) is 45.6 Å². The molecule has 0 amide bonds. The number of hydrogen-bond acceptors (Lipinski definition) is 5. The number of aliphatic hydroxyl groups excluding tert-OH is 1. The van der Waals surface area contributed by atoms with Crippen molar-refractivity contribution >= 4 is 33.2 Å². The Morgan fingerprint density at radius 3 is 2.82 bits per heavy atom. The van der Waals surface area contributed by atoms with Crippen molar-refractivity contribution in [1.29, 1.82) is 0 Å². The molecule has 0 bridgehead atoms. The summed E-state index contributed by atoms with van der Waals surface area (Å²) in [6.45, 7) is 3.05. The van der Waals surface area contributed by atoms with Crippen LogP contribution in [0.15, 0.2) is 48.0 Å². The van der Waals surface area contributed by atoms with Gasteiger partial charge in [-0.1, -0.05) is 29.8 Å².